The topological polar surface area (TPSA) is 30.7 Å². The van der Waals surface area contributed by atoms with Crippen LogP contribution >= 0.6 is 34.7 Å². The smallest absolute Gasteiger partial charge is 0.191 e. The van der Waals surface area contributed by atoms with Crippen molar-refractivity contribution >= 4 is 34.7 Å². The summed E-state index contributed by atoms with van der Waals surface area (Å²) in [4.78, 5) is 1.14. The molecule has 2 rings (SSSR count). The van der Waals surface area contributed by atoms with E-state index in [2.05, 4.69) is 34.3 Å². The molecule has 0 amide bonds. The summed E-state index contributed by atoms with van der Waals surface area (Å²) >= 11 is 8.99. The first kappa shape index (κ1) is 12.7. The first-order chi connectivity index (χ1) is 8.22. The molecule has 3 nitrogen and oxygen atoms in total. The lowest BCUT2D eigenvalue weighted by atomic mass is 10.4. The summed E-state index contributed by atoms with van der Waals surface area (Å²) < 4.78 is 2.09. The fourth-order valence-electron chi connectivity index (χ4n) is 1.41. The van der Waals surface area contributed by atoms with E-state index in [4.69, 9.17) is 11.6 Å². The van der Waals surface area contributed by atoms with Gasteiger partial charge in [-0.15, -0.1) is 21.5 Å². The molecule has 2 heterocycles. The molecule has 17 heavy (non-hydrogen) atoms. The first-order valence-corrected chi connectivity index (χ1v) is 7.40. The number of nitrogens with zero attached hydrogens (tertiary/aromatic N) is 3. The minimum atomic E-state index is 0.623. The number of aromatic nitrogens is 3. The van der Waals surface area contributed by atoms with E-state index >= 15 is 0 Å². The molecule has 0 aliphatic rings. The van der Waals surface area contributed by atoms with Crippen LogP contribution in [0.1, 0.15) is 6.92 Å². The van der Waals surface area contributed by atoms with Gasteiger partial charge in [-0.3, -0.25) is 0 Å². The van der Waals surface area contributed by atoms with Crippen molar-refractivity contribution in [3.05, 3.63) is 29.1 Å². The lowest BCUT2D eigenvalue weighted by Gasteiger charge is -2.05. The van der Waals surface area contributed by atoms with Crippen molar-refractivity contribution in [3.63, 3.8) is 0 Å². The van der Waals surface area contributed by atoms with Gasteiger partial charge in [-0.2, -0.15) is 0 Å². The molecule has 0 unspecified atom stereocenters. The van der Waals surface area contributed by atoms with Gasteiger partial charge in [-0.25, -0.2) is 0 Å². The highest BCUT2D eigenvalue weighted by Gasteiger charge is 2.13. The van der Waals surface area contributed by atoms with Crippen LogP contribution < -0.4 is 0 Å². The van der Waals surface area contributed by atoms with E-state index in [1.165, 1.54) is 0 Å². The third-order valence-corrected chi connectivity index (χ3v) is 4.34. The molecule has 0 radical (unpaired) electrons. The van der Waals surface area contributed by atoms with Gasteiger partial charge in [0.15, 0.2) is 11.0 Å². The van der Waals surface area contributed by atoms with E-state index in [9.17, 15) is 0 Å². The van der Waals surface area contributed by atoms with Gasteiger partial charge in [-0.05, 0) is 18.4 Å². The highest BCUT2D eigenvalue weighted by Crippen LogP contribution is 2.27. The first-order valence-electron chi connectivity index (χ1n) is 5.15. The Morgan fingerprint density at radius 1 is 1.59 bits per heavy atom. The quantitative estimate of drug-likeness (QED) is 0.781. The highest BCUT2D eigenvalue weighted by atomic mass is 35.5. The van der Waals surface area contributed by atoms with Crippen molar-refractivity contribution < 1.29 is 0 Å². The second kappa shape index (κ2) is 5.71. The predicted molar refractivity (Wildman–Crippen MR) is 74.7 cm³/mol. The van der Waals surface area contributed by atoms with Gasteiger partial charge in [0, 0.05) is 17.3 Å². The second-order valence-electron chi connectivity index (χ2n) is 3.33. The van der Waals surface area contributed by atoms with Crippen LogP contribution in [0.5, 0.6) is 0 Å². The fraction of sp³-hybridized carbons (Fsp3) is 0.273. The van der Waals surface area contributed by atoms with Gasteiger partial charge >= 0.3 is 0 Å². The molecular formula is C11H12ClN3S2. The third kappa shape index (κ3) is 2.91. The van der Waals surface area contributed by atoms with Gasteiger partial charge in [-0.1, -0.05) is 36.0 Å². The zero-order valence-corrected chi connectivity index (χ0v) is 11.8. The zero-order chi connectivity index (χ0) is 12.3. The second-order valence-corrected chi connectivity index (χ2v) is 5.76. The van der Waals surface area contributed by atoms with Crippen LogP contribution in [-0.2, 0) is 6.54 Å². The Balaban J connectivity index is 2.27. The van der Waals surface area contributed by atoms with Crippen molar-refractivity contribution in [1.82, 2.24) is 14.8 Å². The standard InChI is InChI=1S/C11H12ClN3S2/c1-3-15-10(9-5-4-6-16-9)13-14-11(15)17-7-8(2)12/h4-6H,2-3,7H2,1H3. The van der Waals surface area contributed by atoms with Crippen LogP contribution in [0.4, 0.5) is 0 Å². The van der Waals surface area contributed by atoms with Crippen molar-refractivity contribution in [2.75, 3.05) is 5.75 Å². The largest absolute Gasteiger partial charge is 0.302 e. The molecule has 0 saturated heterocycles. The summed E-state index contributed by atoms with van der Waals surface area (Å²) in [6.45, 7) is 6.60. The van der Waals surface area contributed by atoms with Gasteiger partial charge in [0.05, 0.1) is 4.88 Å². The van der Waals surface area contributed by atoms with Gasteiger partial charge in [0.25, 0.3) is 0 Å². The molecule has 0 atom stereocenters. The van der Waals surface area contributed by atoms with Gasteiger partial charge in [0.1, 0.15) is 0 Å². The fourth-order valence-corrected chi connectivity index (χ4v) is 3.05. The molecule has 0 aliphatic carbocycles. The molecule has 0 saturated carbocycles. The summed E-state index contributed by atoms with van der Waals surface area (Å²) in [7, 11) is 0. The zero-order valence-electron chi connectivity index (χ0n) is 9.39. The summed E-state index contributed by atoms with van der Waals surface area (Å²) in [5, 5.41) is 12.0. The Bertz CT molecular complexity index is 505. The van der Waals surface area contributed by atoms with E-state index in [-0.39, 0.29) is 0 Å². The summed E-state index contributed by atoms with van der Waals surface area (Å²) in [5.74, 6) is 1.58. The third-order valence-electron chi connectivity index (χ3n) is 2.13. The highest BCUT2D eigenvalue weighted by molar-refractivity contribution is 7.99. The minimum absolute atomic E-state index is 0.623. The molecular weight excluding hydrogens is 274 g/mol. The normalized spacial score (nSPS) is 10.7. The van der Waals surface area contributed by atoms with E-state index in [1.807, 2.05) is 11.4 Å². The van der Waals surface area contributed by atoms with Crippen LogP contribution in [0.15, 0.2) is 34.3 Å². The number of thioether (sulfide) groups is 1. The maximum atomic E-state index is 5.76. The van der Waals surface area contributed by atoms with E-state index < -0.39 is 0 Å². The molecule has 6 heteroatoms. The Morgan fingerprint density at radius 3 is 3.00 bits per heavy atom. The van der Waals surface area contributed by atoms with Crippen LogP contribution in [0, 0.1) is 0 Å². The molecule has 0 aromatic carbocycles. The number of thiophene rings is 1. The molecule has 2 aromatic heterocycles. The SMILES string of the molecule is C=C(Cl)CSc1nnc(-c2cccs2)n1CC. The van der Waals surface area contributed by atoms with E-state index in [0.717, 1.165) is 22.4 Å². The molecule has 90 valence electrons. The molecule has 0 spiro atoms. The van der Waals surface area contributed by atoms with Crippen molar-refractivity contribution in [2.45, 2.75) is 18.6 Å². The molecule has 2 aromatic rings. The molecule has 0 fully saturated rings. The van der Waals surface area contributed by atoms with Crippen molar-refractivity contribution in [3.8, 4) is 10.7 Å². The van der Waals surface area contributed by atoms with E-state index in [0.29, 0.717) is 10.8 Å². The van der Waals surface area contributed by atoms with Crippen molar-refractivity contribution in [1.29, 1.82) is 0 Å². The van der Waals surface area contributed by atoms with Crippen LogP contribution in [0.25, 0.3) is 10.7 Å². The Morgan fingerprint density at radius 2 is 2.41 bits per heavy atom. The Kier molecular flexibility index (Phi) is 4.25. The van der Waals surface area contributed by atoms with E-state index in [1.54, 1.807) is 23.1 Å². The Hall–Kier alpha value is -0.780. The summed E-state index contributed by atoms with van der Waals surface area (Å²) in [5.41, 5.74) is 0. The molecule has 0 N–H and O–H groups in total. The summed E-state index contributed by atoms with van der Waals surface area (Å²) in [6.07, 6.45) is 0. The number of hydrogen-bond acceptors (Lipinski definition) is 4. The maximum Gasteiger partial charge on any atom is 0.191 e. The minimum Gasteiger partial charge on any atom is -0.302 e. The van der Waals surface area contributed by atoms with Crippen LogP contribution in [0.2, 0.25) is 0 Å². The average Bonchev–Trinajstić information content (AvgIpc) is 2.94. The van der Waals surface area contributed by atoms with Crippen LogP contribution in [0.3, 0.4) is 0 Å². The average molecular weight is 286 g/mol. The maximum absolute atomic E-state index is 5.76. The molecule has 0 aliphatic heterocycles. The summed E-state index contributed by atoms with van der Waals surface area (Å²) in [6, 6.07) is 4.07. The molecule has 0 bridgehead atoms. The monoisotopic (exact) mass is 285 g/mol. The Labute approximate surface area is 114 Å². The van der Waals surface area contributed by atoms with Crippen molar-refractivity contribution in [2.24, 2.45) is 0 Å². The lowest BCUT2D eigenvalue weighted by Crippen LogP contribution is -1.99. The predicted octanol–water partition coefficient (Wildman–Crippen LogP) is 3.87. The van der Waals surface area contributed by atoms with Crippen LogP contribution in [-0.4, -0.2) is 20.5 Å². The van der Waals surface area contributed by atoms with Gasteiger partial charge in [0.2, 0.25) is 0 Å². The lowest BCUT2D eigenvalue weighted by molar-refractivity contribution is 0.688. The number of hydrogen-bond donors (Lipinski definition) is 0. The number of rotatable bonds is 5. The van der Waals surface area contributed by atoms with Gasteiger partial charge < -0.3 is 4.57 Å². The number of halogens is 1.